The van der Waals surface area contributed by atoms with Gasteiger partial charge in [-0.05, 0) is 184 Å². The molecule has 0 radical (unpaired) electrons. The molecule has 2 heterocycles. The molecule has 10 rings (SSSR count). The van der Waals surface area contributed by atoms with Crippen molar-refractivity contribution >= 4 is 68.6 Å². The predicted molar refractivity (Wildman–Crippen MR) is 287 cm³/mol. The highest BCUT2D eigenvalue weighted by molar-refractivity contribution is 7.00. The Balaban J connectivity index is 1.36. The minimum atomic E-state index is -0.118. The van der Waals surface area contributed by atoms with E-state index in [2.05, 4.69) is 233 Å². The van der Waals surface area contributed by atoms with Gasteiger partial charge in [-0.15, -0.1) is 0 Å². The quantitative estimate of drug-likeness (QED) is 0.160. The number of rotatable bonds is 5. The van der Waals surface area contributed by atoms with Gasteiger partial charge in [-0.1, -0.05) is 142 Å². The van der Waals surface area contributed by atoms with Crippen LogP contribution in [0.1, 0.15) is 139 Å². The van der Waals surface area contributed by atoms with Crippen LogP contribution >= 0.6 is 0 Å². The molecule has 0 atom stereocenters. The number of benzene rings is 6. The standard InChI is InChI=1S/C62H70BN3/c1-39-22-21-23-40(2)57(39)65-52-36-47(64(45-24-17-15-18-25-45)46-26-19-16-20-27-46)28-29-50(52)63-51-37-48-49(62(13,14)31-30-61(48,11)12)38-53(51)66(55-35-44(60(8,9)10)34-54(65)56(55)63)58-41(3)32-43(33-42(58)4)59(5,6)7/h15,17-19,21-29,32-38H,16,20,30-31H2,1-14H3. The van der Waals surface area contributed by atoms with Crippen LogP contribution in [0.2, 0.25) is 0 Å². The van der Waals surface area contributed by atoms with Gasteiger partial charge in [0.1, 0.15) is 0 Å². The molecule has 3 nitrogen and oxygen atoms in total. The number of para-hydroxylation sites is 2. The lowest BCUT2D eigenvalue weighted by atomic mass is 9.33. The summed E-state index contributed by atoms with van der Waals surface area (Å²) in [6.45, 7) is 33.4. The van der Waals surface area contributed by atoms with Gasteiger partial charge in [-0.3, -0.25) is 0 Å². The van der Waals surface area contributed by atoms with Crippen molar-refractivity contribution in [2.24, 2.45) is 0 Å². The summed E-state index contributed by atoms with van der Waals surface area (Å²) in [6, 6.07) is 40.6. The van der Waals surface area contributed by atoms with Crippen molar-refractivity contribution in [2.45, 2.75) is 144 Å². The highest BCUT2D eigenvalue weighted by Gasteiger charge is 2.48. The van der Waals surface area contributed by atoms with Gasteiger partial charge in [0.2, 0.25) is 0 Å². The molecule has 336 valence electrons. The molecular formula is C62H70BN3. The number of aryl methyl sites for hydroxylation is 4. The van der Waals surface area contributed by atoms with Gasteiger partial charge >= 0.3 is 0 Å². The smallest absolute Gasteiger partial charge is 0.252 e. The maximum absolute atomic E-state index is 2.72. The van der Waals surface area contributed by atoms with Crippen LogP contribution in [0.15, 0.2) is 127 Å². The third-order valence-corrected chi connectivity index (χ3v) is 15.6. The molecule has 0 unspecified atom stereocenters. The molecule has 0 saturated carbocycles. The SMILES string of the molecule is Cc1cccc(C)c1N1c2cc(N(C3=CCCC=C3)c3ccccc3)ccc2B2c3cc4c(cc3N(c3c(C)cc(C(C)(C)C)cc3C)c3cc(C(C)(C)C)cc1c32)C(C)(C)CCC4(C)C. The molecular weight excluding hydrogens is 798 g/mol. The second-order valence-electron chi connectivity index (χ2n) is 23.5. The topological polar surface area (TPSA) is 9.72 Å². The molecule has 0 aromatic heterocycles. The molecule has 2 aliphatic heterocycles. The van der Waals surface area contributed by atoms with E-state index in [1.54, 1.807) is 0 Å². The number of hydrogen-bond acceptors (Lipinski definition) is 3. The fraction of sp³-hybridized carbons (Fsp3) is 0.355. The van der Waals surface area contributed by atoms with Crippen LogP contribution in [0.3, 0.4) is 0 Å². The van der Waals surface area contributed by atoms with Gasteiger partial charge in [0.15, 0.2) is 0 Å². The summed E-state index contributed by atoms with van der Waals surface area (Å²) < 4.78 is 0. The zero-order chi connectivity index (χ0) is 46.8. The molecule has 6 aromatic rings. The average Bonchev–Trinajstić information content (AvgIpc) is 3.26. The molecule has 0 saturated heterocycles. The van der Waals surface area contributed by atoms with E-state index in [1.165, 1.54) is 125 Å². The van der Waals surface area contributed by atoms with Crippen molar-refractivity contribution in [1.29, 1.82) is 0 Å². The van der Waals surface area contributed by atoms with Gasteiger partial charge in [-0.25, -0.2) is 0 Å². The molecule has 4 aliphatic rings. The van der Waals surface area contributed by atoms with Crippen molar-refractivity contribution in [2.75, 3.05) is 14.7 Å². The van der Waals surface area contributed by atoms with Gasteiger partial charge in [-0.2, -0.15) is 0 Å². The zero-order valence-corrected chi connectivity index (χ0v) is 42.3. The molecule has 0 N–H and O–H groups in total. The first-order valence-corrected chi connectivity index (χ1v) is 24.7. The molecule has 66 heavy (non-hydrogen) atoms. The summed E-state index contributed by atoms with van der Waals surface area (Å²) >= 11 is 0. The lowest BCUT2D eigenvalue weighted by Gasteiger charge is -2.48. The molecule has 2 aliphatic carbocycles. The first-order valence-electron chi connectivity index (χ1n) is 24.7. The Morgan fingerprint density at radius 3 is 1.62 bits per heavy atom. The van der Waals surface area contributed by atoms with E-state index in [1.807, 2.05) is 0 Å². The lowest BCUT2D eigenvalue weighted by Crippen LogP contribution is -2.62. The molecule has 6 aromatic carbocycles. The highest BCUT2D eigenvalue weighted by atomic mass is 15.2. The second kappa shape index (κ2) is 15.4. The minimum Gasteiger partial charge on any atom is -0.311 e. The number of anilines is 8. The van der Waals surface area contributed by atoms with Crippen LogP contribution in [0.4, 0.5) is 45.5 Å². The summed E-state index contributed by atoms with van der Waals surface area (Å²) in [5, 5.41) is 0. The van der Waals surface area contributed by atoms with Crippen LogP contribution in [-0.2, 0) is 21.7 Å². The first-order chi connectivity index (χ1) is 31.2. The largest absolute Gasteiger partial charge is 0.311 e. The second-order valence-corrected chi connectivity index (χ2v) is 23.5. The maximum atomic E-state index is 2.72. The van der Waals surface area contributed by atoms with Crippen LogP contribution in [0.5, 0.6) is 0 Å². The van der Waals surface area contributed by atoms with Crippen LogP contribution < -0.4 is 31.1 Å². The summed E-state index contributed by atoms with van der Waals surface area (Å²) in [6.07, 6.45) is 11.5. The number of hydrogen-bond donors (Lipinski definition) is 0. The van der Waals surface area contributed by atoms with Crippen LogP contribution in [-0.4, -0.2) is 6.71 Å². The van der Waals surface area contributed by atoms with E-state index in [0.29, 0.717) is 0 Å². The van der Waals surface area contributed by atoms with Crippen molar-refractivity contribution < 1.29 is 0 Å². The predicted octanol–water partition coefficient (Wildman–Crippen LogP) is 15.3. The monoisotopic (exact) mass is 868 g/mol. The molecule has 4 heteroatoms. The molecule has 0 amide bonds. The van der Waals surface area contributed by atoms with E-state index in [-0.39, 0.29) is 28.4 Å². The molecule has 0 fully saturated rings. The van der Waals surface area contributed by atoms with Gasteiger partial charge in [0.05, 0.1) is 11.4 Å². The fourth-order valence-corrected chi connectivity index (χ4v) is 11.8. The van der Waals surface area contributed by atoms with Crippen molar-refractivity contribution in [3.63, 3.8) is 0 Å². The fourth-order valence-electron chi connectivity index (χ4n) is 11.8. The molecule has 0 bridgehead atoms. The third-order valence-electron chi connectivity index (χ3n) is 15.6. The Kier molecular flexibility index (Phi) is 10.3. The average molecular weight is 868 g/mol. The Morgan fingerprint density at radius 1 is 0.515 bits per heavy atom. The number of allylic oxidation sites excluding steroid dienone is 3. The van der Waals surface area contributed by atoms with E-state index in [9.17, 15) is 0 Å². The van der Waals surface area contributed by atoms with Crippen molar-refractivity contribution in [1.82, 2.24) is 0 Å². The summed E-state index contributed by atoms with van der Waals surface area (Å²) in [4.78, 5) is 7.85. The van der Waals surface area contributed by atoms with Gasteiger partial charge < -0.3 is 14.7 Å². The van der Waals surface area contributed by atoms with Crippen molar-refractivity contribution in [3.05, 3.63) is 172 Å². The lowest BCUT2D eigenvalue weighted by molar-refractivity contribution is 0.332. The summed E-state index contributed by atoms with van der Waals surface area (Å²) in [7, 11) is 0. The van der Waals surface area contributed by atoms with E-state index in [4.69, 9.17) is 0 Å². The van der Waals surface area contributed by atoms with Crippen LogP contribution in [0, 0.1) is 27.7 Å². The Hall–Kier alpha value is -5.74. The Labute approximate surface area is 397 Å². The normalized spacial score (nSPS) is 16.9. The zero-order valence-electron chi connectivity index (χ0n) is 42.3. The minimum absolute atomic E-state index is 0.0134. The van der Waals surface area contributed by atoms with E-state index in [0.717, 1.165) is 12.8 Å². The summed E-state index contributed by atoms with van der Waals surface area (Å²) in [5.41, 5.74) is 26.3. The summed E-state index contributed by atoms with van der Waals surface area (Å²) in [5.74, 6) is 0. The van der Waals surface area contributed by atoms with E-state index < -0.39 is 0 Å². The Bertz CT molecular complexity index is 2960. The number of fused-ring (bicyclic) bond motifs is 5. The maximum Gasteiger partial charge on any atom is 0.252 e. The van der Waals surface area contributed by atoms with Gasteiger partial charge in [0.25, 0.3) is 6.71 Å². The van der Waals surface area contributed by atoms with Crippen LogP contribution in [0.25, 0.3) is 0 Å². The Morgan fingerprint density at radius 2 is 1.06 bits per heavy atom. The van der Waals surface area contributed by atoms with E-state index >= 15 is 0 Å². The molecule has 0 spiro atoms. The van der Waals surface area contributed by atoms with Gasteiger partial charge in [0, 0.05) is 39.8 Å². The highest BCUT2D eigenvalue weighted by Crippen LogP contribution is 2.53. The van der Waals surface area contributed by atoms with Crippen molar-refractivity contribution in [3.8, 4) is 0 Å². The third kappa shape index (κ3) is 7.08. The first kappa shape index (κ1) is 44.1. The number of nitrogens with zero attached hydrogens (tertiary/aromatic N) is 3.